The van der Waals surface area contributed by atoms with Crippen LogP contribution in [0.15, 0.2) is 76.4 Å². The lowest BCUT2D eigenvalue weighted by Crippen LogP contribution is -2.27. The summed E-state index contributed by atoms with van der Waals surface area (Å²) in [5.74, 6) is -0.0591. The van der Waals surface area contributed by atoms with Crippen LogP contribution in [0.2, 0.25) is 51.4 Å². The highest BCUT2D eigenvalue weighted by Crippen LogP contribution is 2.36. The van der Waals surface area contributed by atoms with Crippen LogP contribution in [0.1, 0.15) is 15.9 Å². The molecule has 4 rings (SSSR count). The highest BCUT2D eigenvalue weighted by molar-refractivity contribution is 7.98. The number of nitrogens with zero attached hydrogens (tertiary/aromatic N) is 2. The number of aromatic nitrogens is 2. The molecule has 8 nitrogen and oxygen atoms in total. The number of carbonyl (C=O) groups is 1. The van der Waals surface area contributed by atoms with Crippen LogP contribution in [0.5, 0.6) is 5.75 Å². The highest BCUT2D eigenvalue weighted by atomic mass is 32.2. The predicted molar refractivity (Wildman–Crippen MR) is 188 cm³/mol. The Balaban J connectivity index is 1.79. The fourth-order valence-corrected chi connectivity index (χ4v) is 7.16. The zero-order valence-corrected chi connectivity index (χ0v) is 29.9. The average Bonchev–Trinajstić information content (AvgIpc) is 2.98. The Labute approximate surface area is 271 Å². The third-order valence-corrected chi connectivity index (χ3v) is 11.8. The van der Waals surface area contributed by atoms with Crippen LogP contribution in [0, 0.1) is 0 Å². The summed E-state index contributed by atoms with van der Waals surface area (Å²) in [4.78, 5) is 31.9. The fourth-order valence-electron chi connectivity index (χ4n) is 4.51. The van der Waals surface area contributed by atoms with E-state index >= 15 is 0 Å². The molecule has 0 spiro atoms. The van der Waals surface area contributed by atoms with Crippen LogP contribution in [0.3, 0.4) is 0 Å². The molecular weight excluding hydrogens is 621 g/mol. The Hall–Kier alpha value is -3.23. The fraction of sp³-hybridized carbons (Fsp3) is 0.382. The number of thioether (sulfide) groups is 1. The highest BCUT2D eigenvalue weighted by Gasteiger charge is 2.23. The number of ether oxygens (including phenoxy) is 3. The minimum Gasteiger partial charge on any atom is -0.478 e. The largest absolute Gasteiger partial charge is 0.478 e. The van der Waals surface area contributed by atoms with Gasteiger partial charge in [-0.05, 0) is 35.9 Å². The van der Waals surface area contributed by atoms with Gasteiger partial charge in [0.15, 0.2) is 6.79 Å². The molecule has 45 heavy (non-hydrogen) atoms. The molecule has 0 aliphatic rings. The maximum atomic E-state index is 14.2. The minimum absolute atomic E-state index is 0.0383. The van der Waals surface area contributed by atoms with Gasteiger partial charge in [0.2, 0.25) is 0 Å². The van der Waals surface area contributed by atoms with E-state index in [1.807, 2.05) is 42.5 Å². The first kappa shape index (κ1) is 34.6. The Kier molecular flexibility index (Phi) is 11.8. The third-order valence-electron chi connectivity index (χ3n) is 7.18. The molecule has 1 aromatic heterocycles. The van der Waals surface area contributed by atoms with Crippen molar-refractivity contribution in [1.29, 1.82) is 0 Å². The van der Waals surface area contributed by atoms with Crippen molar-refractivity contribution in [2.24, 2.45) is 0 Å². The standard InChI is InChI=1S/C34H44N2O6SSi2/c1-44(2,3)20-18-40-23-36-28-16-11-17-29(42-24-41-19-21-45(4,5)6)31(28)35-30(33(36)37)26-14-10-15-27(34(38)39)32(26)43-22-25-12-8-7-9-13-25/h7-17H,18-24H2,1-6H3,(H,38,39). The van der Waals surface area contributed by atoms with Crippen molar-refractivity contribution in [3.63, 3.8) is 0 Å². The maximum Gasteiger partial charge on any atom is 0.336 e. The van der Waals surface area contributed by atoms with Gasteiger partial charge in [-0.3, -0.25) is 9.36 Å². The van der Waals surface area contributed by atoms with Gasteiger partial charge in [0.05, 0.1) is 11.1 Å². The number of rotatable bonds is 16. The van der Waals surface area contributed by atoms with E-state index < -0.39 is 22.1 Å². The molecular formula is C34H44N2O6SSi2. The molecule has 0 radical (unpaired) electrons. The molecule has 3 aromatic carbocycles. The minimum atomic E-state index is -1.35. The first-order valence-electron chi connectivity index (χ1n) is 15.2. The molecule has 0 saturated carbocycles. The lowest BCUT2D eigenvalue weighted by Gasteiger charge is -2.19. The number of hydrogen-bond donors (Lipinski definition) is 1. The lowest BCUT2D eigenvalue weighted by molar-refractivity contribution is 0.0228. The smallest absolute Gasteiger partial charge is 0.336 e. The molecule has 240 valence electrons. The molecule has 4 aromatic rings. The molecule has 1 N–H and O–H groups in total. The van der Waals surface area contributed by atoms with E-state index in [4.69, 9.17) is 19.2 Å². The first-order chi connectivity index (χ1) is 21.3. The number of carboxylic acids is 1. The van der Waals surface area contributed by atoms with E-state index in [1.165, 1.54) is 11.8 Å². The van der Waals surface area contributed by atoms with Gasteiger partial charge in [0.25, 0.3) is 5.56 Å². The summed E-state index contributed by atoms with van der Waals surface area (Å²) in [7, 11) is -2.60. The Morgan fingerprint density at radius 1 is 0.867 bits per heavy atom. The maximum absolute atomic E-state index is 14.2. The predicted octanol–water partition coefficient (Wildman–Crippen LogP) is 8.06. The van der Waals surface area contributed by atoms with Crippen LogP contribution in [0.4, 0.5) is 0 Å². The molecule has 0 amide bonds. The summed E-state index contributed by atoms with van der Waals surface area (Å²) in [5.41, 5.74) is 2.46. The first-order valence-corrected chi connectivity index (χ1v) is 23.6. The molecule has 1 heterocycles. The molecule has 11 heteroatoms. The number of aromatic carboxylic acids is 1. The van der Waals surface area contributed by atoms with Crippen LogP contribution in [-0.4, -0.2) is 56.8 Å². The Morgan fingerprint density at radius 3 is 2.20 bits per heavy atom. The molecule has 0 atom stereocenters. The van der Waals surface area contributed by atoms with Crippen molar-refractivity contribution < 1.29 is 24.1 Å². The Morgan fingerprint density at radius 2 is 1.53 bits per heavy atom. The third kappa shape index (κ3) is 9.88. The molecule has 0 saturated heterocycles. The number of carboxylic acid groups (broad SMARTS) is 1. The van der Waals surface area contributed by atoms with Crippen molar-refractivity contribution in [1.82, 2.24) is 9.55 Å². The number of para-hydroxylation sites is 1. The zero-order valence-electron chi connectivity index (χ0n) is 27.1. The summed E-state index contributed by atoms with van der Waals surface area (Å²) in [6.07, 6.45) is 0. The van der Waals surface area contributed by atoms with Crippen LogP contribution >= 0.6 is 11.8 Å². The number of fused-ring (bicyclic) bond motifs is 1. The molecule has 0 aliphatic carbocycles. The van der Waals surface area contributed by atoms with Crippen molar-refractivity contribution >= 4 is 44.9 Å². The molecule has 0 unspecified atom stereocenters. The second kappa shape index (κ2) is 15.4. The second-order valence-electron chi connectivity index (χ2n) is 13.4. The summed E-state index contributed by atoms with van der Waals surface area (Å²) in [6.45, 7) is 15.0. The van der Waals surface area contributed by atoms with Gasteiger partial charge in [-0.15, -0.1) is 11.8 Å². The SMILES string of the molecule is C[Si](C)(C)CCOCOc1cccc2c1nc(-c1cccc(C(=O)O)c1SCc1ccccc1)c(=O)n2COCC[Si](C)(C)C. The molecule has 0 fully saturated rings. The van der Waals surface area contributed by atoms with Crippen molar-refractivity contribution in [3.8, 4) is 17.0 Å². The molecule has 0 bridgehead atoms. The summed E-state index contributed by atoms with van der Waals surface area (Å²) in [6, 6.07) is 22.2. The topological polar surface area (TPSA) is 99.9 Å². The number of hydrogen-bond acceptors (Lipinski definition) is 7. The summed E-state index contributed by atoms with van der Waals surface area (Å²) < 4.78 is 19.5. The zero-order chi connectivity index (χ0) is 32.6. The van der Waals surface area contributed by atoms with E-state index in [2.05, 4.69) is 39.3 Å². The molecule has 0 aliphatic heterocycles. The van der Waals surface area contributed by atoms with Gasteiger partial charge in [0.1, 0.15) is 23.7 Å². The summed E-state index contributed by atoms with van der Waals surface area (Å²) >= 11 is 1.38. The normalized spacial score (nSPS) is 12.0. The van der Waals surface area contributed by atoms with Gasteiger partial charge < -0.3 is 19.3 Å². The monoisotopic (exact) mass is 664 g/mol. The number of benzene rings is 3. The van der Waals surface area contributed by atoms with Gasteiger partial charge in [-0.2, -0.15) is 0 Å². The van der Waals surface area contributed by atoms with E-state index in [0.29, 0.717) is 46.2 Å². The van der Waals surface area contributed by atoms with Crippen LogP contribution in [0.25, 0.3) is 22.3 Å². The van der Waals surface area contributed by atoms with E-state index in [9.17, 15) is 14.7 Å². The van der Waals surface area contributed by atoms with Crippen LogP contribution in [-0.2, 0) is 22.0 Å². The van der Waals surface area contributed by atoms with Gasteiger partial charge >= 0.3 is 5.97 Å². The van der Waals surface area contributed by atoms with Crippen molar-refractivity contribution in [2.45, 2.75) is 68.7 Å². The van der Waals surface area contributed by atoms with E-state index in [-0.39, 0.29) is 30.3 Å². The average molecular weight is 665 g/mol. The van der Waals surface area contributed by atoms with Gasteiger partial charge in [-0.1, -0.05) is 87.8 Å². The summed E-state index contributed by atoms with van der Waals surface area (Å²) in [5, 5.41) is 10.1. The van der Waals surface area contributed by atoms with Gasteiger partial charge in [0, 0.05) is 45.6 Å². The quantitative estimate of drug-likeness (QED) is 0.0556. The van der Waals surface area contributed by atoms with Crippen molar-refractivity contribution in [2.75, 3.05) is 20.0 Å². The second-order valence-corrected chi connectivity index (χ2v) is 25.6. The lowest BCUT2D eigenvalue weighted by atomic mass is 10.1. The van der Waals surface area contributed by atoms with Crippen molar-refractivity contribution in [3.05, 3.63) is 88.2 Å². The van der Waals surface area contributed by atoms with E-state index in [0.717, 1.165) is 17.7 Å². The van der Waals surface area contributed by atoms with E-state index in [1.54, 1.807) is 28.8 Å². The van der Waals surface area contributed by atoms with Crippen LogP contribution < -0.4 is 10.3 Å². The van der Waals surface area contributed by atoms with Gasteiger partial charge in [-0.25, -0.2) is 9.78 Å². The Bertz CT molecular complexity index is 1670.